The topological polar surface area (TPSA) is 85.9 Å². The Morgan fingerprint density at radius 2 is 1.89 bits per heavy atom. The molecule has 27 heavy (non-hydrogen) atoms. The maximum absolute atomic E-state index is 13.3. The van der Waals surface area contributed by atoms with Crippen LogP contribution in [-0.2, 0) is 20.9 Å². The van der Waals surface area contributed by atoms with Gasteiger partial charge in [0.05, 0.1) is 6.10 Å². The second kappa shape index (κ2) is 8.50. The molecule has 0 fully saturated rings. The molecule has 1 unspecified atom stereocenters. The van der Waals surface area contributed by atoms with Gasteiger partial charge in [-0.1, -0.05) is 18.2 Å². The second-order valence-corrected chi connectivity index (χ2v) is 5.86. The maximum Gasteiger partial charge on any atom is 0.309 e. The van der Waals surface area contributed by atoms with E-state index in [9.17, 15) is 14.0 Å². The quantitative estimate of drug-likeness (QED) is 0.752. The Balaban J connectivity index is 1.49. The van der Waals surface area contributed by atoms with Crippen LogP contribution >= 0.6 is 0 Å². The molecule has 1 heterocycles. The molecular formula is C19H19FN2O5. The lowest BCUT2D eigenvalue weighted by Gasteiger charge is -2.16. The molecule has 0 aliphatic carbocycles. The molecule has 142 valence electrons. The first-order chi connectivity index (χ1) is 13.1. The van der Waals surface area contributed by atoms with Crippen molar-refractivity contribution in [3.05, 3.63) is 59.4 Å². The van der Waals surface area contributed by atoms with Crippen molar-refractivity contribution in [2.24, 2.45) is 0 Å². The van der Waals surface area contributed by atoms with E-state index in [0.717, 1.165) is 5.56 Å². The lowest BCUT2D eigenvalue weighted by molar-refractivity contribution is -0.139. The number of amides is 2. The monoisotopic (exact) mass is 374 g/mol. The average Bonchev–Trinajstić information content (AvgIpc) is 3.14. The summed E-state index contributed by atoms with van der Waals surface area (Å²) in [6, 6.07) is 11.1. The first-order valence-electron chi connectivity index (χ1n) is 8.29. The minimum Gasteiger partial charge on any atom is -0.454 e. The van der Waals surface area contributed by atoms with Crippen molar-refractivity contribution in [1.29, 1.82) is 0 Å². The normalized spacial score (nSPS) is 13.1. The van der Waals surface area contributed by atoms with E-state index in [2.05, 4.69) is 10.6 Å². The van der Waals surface area contributed by atoms with Gasteiger partial charge in [0, 0.05) is 20.2 Å². The van der Waals surface area contributed by atoms with Crippen molar-refractivity contribution in [3.8, 4) is 11.5 Å². The summed E-state index contributed by atoms with van der Waals surface area (Å²) in [6.07, 6.45) is -0.564. The van der Waals surface area contributed by atoms with Gasteiger partial charge < -0.3 is 24.8 Å². The molecule has 2 aromatic carbocycles. The smallest absolute Gasteiger partial charge is 0.309 e. The van der Waals surface area contributed by atoms with Crippen LogP contribution in [0.2, 0.25) is 0 Å². The van der Waals surface area contributed by atoms with Crippen LogP contribution in [0.25, 0.3) is 0 Å². The third kappa shape index (κ3) is 4.73. The van der Waals surface area contributed by atoms with Gasteiger partial charge in [0.1, 0.15) is 5.82 Å². The first kappa shape index (κ1) is 18.7. The predicted molar refractivity (Wildman–Crippen MR) is 93.6 cm³/mol. The van der Waals surface area contributed by atoms with E-state index in [1.54, 1.807) is 30.3 Å². The van der Waals surface area contributed by atoms with E-state index in [1.165, 1.54) is 19.2 Å². The molecule has 7 nitrogen and oxygen atoms in total. The molecular weight excluding hydrogens is 355 g/mol. The minimum atomic E-state index is -0.797. The molecule has 0 saturated heterocycles. The fraction of sp³-hybridized carbons (Fsp3) is 0.263. The zero-order valence-electron chi connectivity index (χ0n) is 14.7. The number of ether oxygens (including phenoxy) is 3. The van der Waals surface area contributed by atoms with Crippen molar-refractivity contribution in [2.75, 3.05) is 20.4 Å². The van der Waals surface area contributed by atoms with Crippen molar-refractivity contribution in [1.82, 2.24) is 10.6 Å². The zero-order valence-corrected chi connectivity index (χ0v) is 14.7. The van der Waals surface area contributed by atoms with Crippen molar-refractivity contribution in [2.45, 2.75) is 12.6 Å². The lowest BCUT2D eigenvalue weighted by atomic mass is 10.1. The molecule has 0 bridgehead atoms. The van der Waals surface area contributed by atoms with Gasteiger partial charge in [0.25, 0.3) is 0 Å². The Bertz CT molecular complexity index is 843. The van der Waals surface area contributed by atoms with Crippen LogP contribution in [0.5, 0.6) is 11.5 Å². The fourth-order valence-corrected chi connectivity index (χ4v) is 2.62. The fourth-order valence-electron chi connectivity index (χ4n) is 2.62. The second-order valence-electron chi connectivity index (χ2n) is 5.86. The van der Waals surface area contributed by atoms with Crippen molar-refractivity contribution < 1.29 is 28.2 Å². The number of hydrogen-bond acceptors (Lipinski definition) is 5. The third-order valence-electron chi connectivity index (χ3n) is 4.05. The number of hydrogen-bond donors (Lipinski definition) is 2. The standard InChI is InChI=1S/C19H19FN2O5/c1-25-17(13-3-2-4-14(20)8-13)10-22-19(24)18(23)21-9-12-5-6-15-16(7-12)27-11-26-15/h2-8,17H,9-11H2,1H3,(H,21,23)(H,22,24). The summed E-state index contributed by atoms with van der Waals surface area (Å²) in [5.41, 5.74) is 1.34. The number of halogens is 1. The third-order valence-corrected chi connectivity index (χ3v) is 4.05. The van der Waals surface area contributed by atoms with E-state index in [0.29, 0.717) is 17.1 Å². The molecule has 0 radical (unpaired) electrons. The molecule has 0 spiro atoms. The first-order valence-corrected chi connectivity index (χ1v) is 8.29. The van der Waals surface area contributed by atoms with E-state index < -0.39 is 23.7 Å². The number of methoxy groups -OCH3 is 1. The number of carbonyl (C=O) groups excluding carboxylic acids is 2. The Morgan fingerprint density at radius 1 is 1.11 bits per heavy atom. The van der Waals surface area contributed by atoms with Crippen LogP contribution in [0, 0.1) is 5.82 Å². The molecule has 2 amide bonds. The summed E-state index contributed by atoms with van der Waals surface area (Å²) >= 11 is 0. The summed E-state index contributed by atoms with van der Waals surface area (Å²) in [5, 5.41) is 5.02. The molecule has 3 rings (SSSR count). The Hall–Kier alpha value is -3.13. The highest BCUT2D eigenvalue weighted by atomic mass is 19.1. The van der Waals surface area contributed by atoms with Crippen LogP contribution in [0.1, 0.15) is 17.2 Å². The van der Waals surface area contributed by atoms with Crippen molar-refractivity contribution >= 4 is 11.8 Å². The van der Waals surface area contributed by atoms with E-state index in [-0.39, 0.29) is 19.9 Å². The van der Waals surface area contributed by atoms with Crippen molar-refractivity contribution in [3.63, 3.8) is 0 Å². The molecule has 2 aromatic rings. The lowest BCUT2D eigenvalue weighted by Crippen LogP contribution is -2.41. The largest absolute Gasteiger partial charge is 0.454 e. The van der Waals surface area contributed by atoms with E-state index in [1.807, 2.05) is 0 Å². The number of rotatable bonds is 6. The number of nitrogens with one attached hydrogen (secondary N) is 2. The molecule has 1 aliphatic heterocycles. The number of carbonyl (C=O) groups is 2. The molecule has 0 saturated carbocycles. The van der Waals surface area contributed by atoms with Gasteiger partial charge in [0.2, 0.25) is 6.79 Å². The van der Waals surface area contributed by atoms with Crippen LogP contribution in [0.15, 0.2) is 42.5 Å². The number of benzene rings is 2. The van der Waals surface area contributed by atoms with Gasteiger partial charge in [-0.05, 0) is 35.4 Å². The average molecular weight is 374 g/mol. The summed E-state index contributed by atoms with van der Waals surface area (Å²) in [5.74, 6) is -0.728. The van der Waals surface area contributed by atoms with Gasteiger partial charge in [-0.3, -0.25) is 9.59 Å². The van der Waals surface area contributed by atoms with Crippen LogP contribution < -0.4 is 20.1 Å². The predicted octanol–water partition coefficient (Wildman–Crippen LogP) is 1.67. The van der Waals surface area contributed by atoms with Crippen LogP contribution in [0.4, 0.5) is 4.39 Å². The molecule has 8 heteroatoms. The Kier molecular flexibility index (Phi) is 5.87. The zero-order chi connectivity index (χ0) is 19.2. The van der Waals surface area contributed by atoms with Crippen LogP contribution in [-0.4, -0.2) is 32.3 Å². The van der Waals surface area contributed by atoms with Gasteiger partial charge in [-0.15, -0.1) is 0 Å². The minimum absolute atomic E-state index is 0.0379. The molecule has 0 aromatic heterocycles. The molecule has 2 N–H and O–H groups in total. The number of fused-ring (bicyclic) bond motifs is 1. The summed E-state index contributed by atoms with van der Waals surface area (Å²) in [4.78, 5) is 23.9. The highest BCUT2D eigenvalue weighted by molar-refractivity contribution is 6.35. The van der Waals surface area contributed by atoms with Gasteiger partial charge >= 0.3 is 11.8 Å². The van der Waals surface area contributed by atoms with Gasteiger partial charge in [-0.25, -0.2) is 4.39 Å². The molecule has 1 aliphatic rings. The summed E-state index contributed by atoms with van der Waals surface area (Å²) in [6.45, 7) is 0.371. The highest BCUT2D eigenvalue weighted by Crippen LogP contribution is 2.32. The summed E-state index contributed by atoms with van der Waals surface area (Å²) < 4.78 is 29.0. The highest BCUT2D eigenvalue weighted by Gasteiger charge is 2.18. The molecule has 1 atom stereocenters. The van der Waals surface area contributed by atoms with Gasteiger partial charge in [-0.2, -0.15) is 0 Å². The van der Waals surface area contributed by atoms with E-state index in [4.69, 9.17) is 14.2 Å². The Morgan fingerprint density at radius 3 is 2.67 bits per heavy atom. The SMILES string of the molecule is COC(CNC(=O)C(=O)NCc1ccc2c(c1)OCO2)c1cccc(F)c1. The van der Waals surface area contributed by atoms with Crippen LogP contribution in [0.3, 0.4) is 0 Å². The van der Waals surface area contributed by atoms with Gasteiger partial charge in [0.15, 0.2) is 11.5 Å². The van der Waals surface area contributed by atoms with E-state index >= 15 is 0 Å². The summed E-state index contributed by atoms with van der Waals surface area (Å²) in [7, 11) is 1.45. The Labute approximate surface area is 155 Å². The maximum atomic E-state index is 13.3.